The van der Waals surface area contributed by atoms with E-state index in [2.05, 4.69) is 22.5 Å². The molecule has 4 aliphatic rings. The Bertz CT molecular complexity index is 476. The van der Waals surface area contributed by atoms with E-state index >= 15 is 0 Å². The van der Waals surface area contributed by atoms with E-state index in [1.165, 1.54) is 6.08 Å². The highest BCUT2D eigenvalue weighted by Gasteiger charge is 2.60. The lowest BCUT2D eigenvalue weighted by Gasteiger charge is -2.60. The van der Waals surface area contributed by atoms with Gasteiger partial charge in [0, 0.05) is 10.9 Å². The molecule has 6 heteroatoms. The predicted molar refractivity (Wildman–Crippen MR) is 81.6 cm³/mol. The van der Waals surface area contributed by atoms with Crippen molar-refractivity contribution in [2.75, 3.05) is 13.1 Å². The number of rotatable bonds is 4. The van der Waals surface area contributed by atoms with Crippen LogP contribution in [0.15, 0.2) is 12.7 Å². The van der Waals surface area contributed by atoms with Crippen LogP contribution >= 0.6 is 15.9 Å². The monoisotopic (exact) mass is 379 g/mol. The fourth-order valence-corrected chi connectivity index (χ4v) is 6.78. The van der Waals surface area contributed by atoms with Crippen molar-refractivity contribution in [3.8, 4) is 0 Å². The van der Waals surface area contributed by atoms with Crippen molar-refractivity contribution in [3.05, 3.63) is 12.7 Å². The molecule has 2 atom stereocenters. The summed E-state index contributed by atoms with van der Waals surface area (Å²) in [5.41, 5.74) is -0.595. The van der Waals surface area contributed by atoms with E-state index < -0.39 is 18.1 Å². The predicted octanol–water partition coefficient (Wildman–Crippen LogP) is 4.30. The highest BCUT2D eigenvalue weighted by atomic mass is 79.9. The van der Waals surface area contributed by atoms with Crippen LogP contribution in [-0.4, -0.2) is 34.4 Å². The number of carbonyl (C=O) groups excluding carboxylic acids is 1. The van der Waals surface area contributed by atoms with E-state index in [9.17, 15) is 18.0 Å². The Morgan fingerprint density at radius 1 is 1.27 bits per heavy atom. The quantitative estimate of drug-likeness (QED) is 0.526. The molecule has 0 aromatic rings. The van der Waals surface area contributed by atoms with E-state index in [0.29, 0.717) is 18.3 Å². The first-order valence-corrected chi connectivity index (χ1v) is 8.60. The van der Waals surface area contributed by atoms with Crippen molar-refractivity contribution in [2.45, 2.75) is 49.0 Å². The van der Waals surface area contributed by atoms with Crippen molar-refractivity contribution in [2.24, 2.45) is 17.3 Å². The first-order chi connectivity index (χ1) is 10.1. The molecule has 0 spiro atoms. The number of nitrogens with zero attached hydrogens (tertiary/aromatic N) is 1. The summed E-state index contributed by atoms with van der Waals surface area (Å²) < 4.78 is 38.4. The molecule has 1 amide bonds. The Morgan fingerprint density at radius 3 is 2.32 bits per heavy atom. The van der Waals surface area contributed by atoms with Gasteiger partial charge in [-0.3, -0.25) is 4.79 Å². The number of hydrogen-bond donors (Lipinski definition) is 0. The van der Waals surface area contributed by atoms with E-state index in [4.69, 9.17) is 0 Å². The van der Waals surface area contributed by atoms with E-state index in [-0.39, 0.29) is 16.8 Å². The van der Waals surface area contributed by atoms with Gasteiger partial charge >= 0.3 is 6.18 Å². The van der Waals surface area contributed by atoms with Gasteiger partial charge in [0.05, 0.1) is 5.41 Å². The molecule has 22 heavy (non-hydrogen) atoms. The van der Waals surface area contributed by atoms with E-state index in [1.54, 1.807) is 0 Å². The average Bonchev–Trinajstić information content (AvgIpc) is 2.32. The van der Waals surface area contributed by atoms with E-state index in [1.807, 2.05) is 0 Å². The molecule has 4 aliphatic carbocycles. The van der Waals surface area contributed by atoms with Gasteiger partial charge in [-0.15, -0.1) is 6.58 Å². The molecule has 2 unspecified atom stereocenters. The molecule has 0 heterocycles. The van der Waals surface area contributed by atoms with Crippen molar-refractivity contribution < 1.29 is 18.0 Å². The molecule has 0 aromatic carbocycles. The van der Waals surface area contributed by atoms with E-state index in [0.717, 1.165) is 37.0 Å². The lowest BCUT2D eigenvalue weighted by Crippen LogP contribution is -2.59. The van der Waals surface area contributed by atoms with Gasteiger partial charge in [-0.05, 0) is 50.4 Å². The maximum atomic E-state index is 13.0. The molecule has 0 radical (unpaired) electrons. The Morgan fingerprint density at radius 2 is 1.86 bits per heavy atom. The molecular formula is C16H21BrF3NO. The van der Waals surface area contributed by atoms with Crippen LogP contribution in [0.2, 0.25) is 0 Å². The standard InChI is InChI=1S/C16H21BrF3NO/c1-2-3-21(10-16(18,19)20)13(22)14-5-11-4-12(6-14)8-15(17,7-11)9-14/h2,11-12H,1,3-10H2. The number of hydrogen-bond acceptors (Lipinski definition) is 1. The van der Waals surface area contributed by atoms with Crippen LogP contribution in [0.3, 0.4) is 0 Å². The molecular weight excluding hydrogens is 359 g/mol. The van der Waals surface area contributed by atoms with Crippen molar-refractivity contribution in [3.63, 3.8) is 0 Å². The maximum absolute atomic E-state index is 13.0. The molecule has 0 aliphatic heterocycles. The van der Waals surface area contributed by atoms with Crippen LogP contribution in [0.1, 0.15) is 38.5 Å². The first kappa shape index (κ1) is 16.3. The summed E-state index contributed by atoms with van der Waals surface area (Å²) in [6.45, 7) is 2.29. The van der Waals surface area contributed by atoms with Gasteiger partial charge in [-0.2, -0.15) is 13.2 Å². The molecule has 4 fully saturated rings. The fourth-order valence-electron chi connectivity index (χ4n) is 5.33. The fraction of sp³-hybridized carbons (Fsp3) is 0.812. The molecule has 0 N–H and O–H groups in total. The Hall–Kier alpha value is -0.520. The molecule has 0 saturated heterocycles. The lowest BCUT2D eigenvalue weighted by molar-refractivity contribution is -0.175. The normalized spacial score (nSPS) is 39.8. The minimum absolute atomic E-state index is 0.0369. The molecule has 4 saturated carbocycles. The highest BCUT2D eigenvalue weighted by Crippen LogP contribution is 2.64. The second-order valence-electron chi connectivity index (χ2n) is 7.48. The van der Waals surface area contributed by atoms with Gasteiger partial charge in [0.1, 0.15) is 6.54 Å². The second kappa shape index (κ2) is 5.25. The van der Waals surface area contributed by atoms with Crippen LogP contribution in [0.25, 0.3) is 0 Å². The molecule has 0 aromatic heterocycles. The Labute approximate surface area is 137 Å². The highest BCUT2D eigenvalue weighted by molar-refractivity contribution is 9.10. The molecule has 4 rings (SSSR count). The Kier molecular flexibility index (Phi) is 3.90. The molecule has 2 nitrogen and oxygen atoms in total. The lowest BCUT2D eigenvalue weighted by atomic mass is 9.49. The first-order valence-electron chi connectivity index (χ1n) is 7.81. The number of carbonyl (C=O) groups is 1. The van der Waals surface area contributed by atoms with Crippen molar-refractivity contribution >= 4 is 21.8 Å². The molecule has 124 valence electrons. The number of alkyl halides is 4. The largest absolute Gasteiger partial charge is 0.406 e. The van der Waals surface area contributed by atoms with Gasteiger partial charge in [0.15, 0.2) is 0 Å². The van der Waals surface area contributed by atoms with Gasteiger partial charge in [-0.1, -0.05) is 22.0 Å². The SMILES string of the molecule is C=CCN(CC(F)(F)F)C(=O)C12CC3CC(CC(Br)(C3)C1)C2. The van der Waals surface area contributed by atoms with Gasteiger partial charge in [0.25, 0.3) is 0 Å². The summed E-state index contributed by atoms with van der Waals surface area (Å²) in [6.07, 6.45) is 2.43. The molecule has 4 bridgehead atoms. The summed E-state index contributed by atoms with van der Waals surface area (Å²) in [7, 11) is 0. The maximum Gasteiger partial charge on any atom is 0.406 e. The third-order valence-corrected chi connectivity index (χ3v) is 6.38. The zero-order chi connectivity index (χ0) is 16.2. The average molecular weight is 380 g/mol. The Balaban J connectivity index is 1.84. The van der Waals surface area contributed by atoms with Gasteiger partial charge < -0.3 is 4.90 Å². The minimum atomic E-state index is -4.37. The number of halogens is 4. The van der Waals surface area contributed by atoms with Gasteiger partial charge in [0.2, 0.25) is 5.91 Å². The zero-order valence-corrected chi connectivity index (χ0v) is 14.0. The third kappa shape index (κ3) is 2.95. The van der Waals surface area contributed by atoms with Crippen molar-refractivity contribution in [1.82, 2.24) is 4.90 Å². The summed E-state index contributed by atoms with van der Waals surface area (Å²) in [4.78, 5) is 13.9. The van der Waals surface area contributed by atoms with Crippen molar-refractivity contribution in [1.29, 1.82) is 0 Å². The number of amides is 1. The minimum Gasteiger partial charge on any atom is -0.329 e. The van der Waals surface area contributed by atoms with Gasteiger partial charge in [-0.25, -0.2) is 0 Å². The van der Waals surface area contributed by atoms with Crippen LogP contribution < -0.4 is 0 Å². The van der Waals surface area contributed by atoms with Crippen LogP contribution in [0.4, 0.5) is 13.2 Å². The van der Waals surface area contributed by atoms with Crippen LogP contribution in [0, 0.1) is 17.3 Å². The summed E-state index contributed by atoms with van der Waals surface area (Å²) in [6, 6.07) is 0. The summed E-state index contributed by atoms with van der Waals surface area (Å²) in [5.74, 6) is 0.629. The zero-order valence-electron chi connectivity index (χ0n) is 12.5. The smallest absolute Gasteiger partial charge is 0.329 e. The summed E-state index contributed by atoms with van der Waals surface area (Å²) >= 11 is 3.80. The topological polar surface area (TPSA) is 20.3 Å². The summed E-state index contributed by atoms with van der Waals surface area (Å²) in [5, 5.41) is 0. The van der Waals surface area contributed by atoms with Crippen LogP contribution in [0.5, 0.6) is 0 Å². The third-order valence-electron chi connectivity index (χ3n) is 5.45. The van der Waals surface area contributed by atoms with Crippen LogP contribution in [-0.2, 0) is 4.79 Å². The second-order valence-corrected chi connectivity index (χ2v) is 9.16.